The van der Waals surface area contributed by atoms with Crippen molar-refractivity contribution in [2.24, 2.45) is 0 Å². The van der Waals surface area contributed by atoms with Crippen LogP contribution < -0.4 is 15.0 Å². The van der Waals surface area contributed by atoms with E-state index in [2.05, 4.69) is 15.2 Å². The number of aromatic nitrogens is 1. The Balaban J connectivity index is 2.67. The number of pyridine rings is 1. The summed E-state index contributed by atoms with van der Waals surface area (Å²) in [4.78, 5) is 6.52. The zero-order valence-corrected chi connectivity index (χ0v) is 11.2. The van der Waals surface area contributed by atoms with E-state index in [1.807, 2.05) is 40.1 Å². The normalized spacial score (nSPS) is 10.6. The number of ether oxygens (including phenoxy) is 1. The molecule has 4 heteroatoms. The lowest BCUT2D eigenvalue weighted by Gasteiger charge is -2.22. The lowest BCUT2D eigenvalue weighted by molar-refractivity contribution is 0.242. The predicted molar refractivity (Wildman–Crippen MR) is 71.8 cm³/mol. The summed E-state index contributed by atoms with van der Waals surface area (Å²) in [6.45, 7) is 6.03. The van der Waals surface area contributed by atoms with Crippen molar-refractivity contribution in [1.82, 2.24) is 10.3 Å². The molecule has 0 aliphatic carbocycles. The Hall–Kier alpha value is -1.29. The summed E-state index contributed by atoms with van der Waals surface area (Å²) in [7, 11) is 4.01. The maximum absolute atomic E-state index is 5.75. The van der Waals surface area contributed by atoms with Gasteiger partial charge in [-0.1, -0.05) is 0 Å². The predicted octanol–water partition coefficient (Wildman–Crippen LogP) is 1.91. The molecule has 0 aliphatic rings. The fourth-order valence-corrected chi connectivity index (χ4v) is 1.61. The zero-order chi connectivity index (χ0) is 12.7. The molecule has 0 saturated heterocycles. The number of nitrogens with one attached hydrogen (secondary N) is 1. The molecule has 1 heterocycles. The standard InChI is InChI=1S/C13H23N3O/c1-11(2)17-12-7-5-9-15-13(12)16(4)10-6-8-14-3/h5,7,9,11,14H,6,8,10H2,1-4H3. The van der Waals surface area contributed by atoms with Crippen LogP contribution in [-0.4, -0.2) is 38.3 Å². The summed E-state index contributed by atoms with van der Waals surface area (Å²) in [5.41, 5.74) is 0. The molecule has 1 N–H and O–H groups in total. The third-order valence-electron chi connectivity index (χ3n) is 2.40. The third kappa shape index (κ3) is 4.61. The quantitative estimate of drug-likeness (QED) is 0.735. The van der Waals surface area contributed by atoms with E-state index in [0.29, 0.717) is 0 Å². The van der Waals surface area contributed by atoms with Crippen molar-refractivity contribution in [2.45, 2.75) is 26.4 Å². The van der Waals surface area contributed by atoms with Gasteiger partial charge in [0.1, 0.15) is 0 Å². The first kappa shape index (κ1) is 13.8. The van der Waals surface area contributed by atoms with Crippen LogP contribution in [0.25, 0.3) is 0 Å². The zero-order valence-electron chi connectivity index (χ0n) is 11.2. The largest absolute Gasteiger partial charge is 0.487 e. The maximum Gasteiger partial charge on any atom is 0.171 e. The first-order chi connectivity index (χ1) is 8.15. The van der Waals surface area contributed by atoms with Crippen LogP contribution in [0, 0.1) is 0 Å². The Kier molecular flexibility index (Phi) is 5.77. The summed E-state index contributed by atoms with van der Waals surface area (Å²) in [6.07, 6.45) is 3.06. The highest BCUT2D eigenvalue weighted by Gasteiger charge is 2.10. The fraction of sp³-hybridized carbons (Fsp3) is 0.615. The van der Waals surface area contributed by atoms with E-state index in [4.69, 9.17) is 4.74 Å². The minimum atomic E-state index is 0.170. The molecule has 0 amide bonds. The van der Waals surface area contributed by atoms with E-state index in [0.717, 1.165) is 31.1 Å². The molecule has 1 aromatic heterocycles. The summed E-state index contributed by atoms with van der Waals surface area (Å²) in [5, 5.41) is 3.14. The number of hydrogen-bond acceptors (Lipinski definition) is 4. The second kappa shape index (κ2) is 7.12. The van der Waals surface area contributed by atoms with E-state index in [-0.39, 0.29) is 6.10 Å². The van der Waals surface area contributed by atoms with Crippen LogP contribution in [0.1, 0.15) is 20.3 Å². The van der Waals surface area contributed by atoms with Crippen molar-refractivity contribution in [1.29, 1.82) is 0 Å². The lowest BCUT2D eigenvalue weighted by atomic mass is 10.3. The fourth-order valence-electron chi connectivity index (χ4n) is 1.61. The van der Waals surface area contributed by atoms with E-state index in [1.165, 1.54) is 0 Å². The second-order valence-electron chi connectivity index (χ2n) is 4.37. The van der Waals surface area contributed by atoms with E-state index >= 15 is 0 Å². The summed E-state index contributed by atoms with van der Waals surface area (Å²) < 4.78 is 5.75. The minimum absolute atomic E-state index is 0.170. The molecule has 1 aromatic rings. The van der Waals surface area contributed by atoms with Crippen molar-refractivity contribution in [2.75, 3.05) is 32.1 Å². The Morgan fingerprint density at radius 1 is 1.47 bits per heavy atom. The molecule has 0 spiro atoms. The smallest absolute Gasteiger partial charge is 0.171 e. The van der Waals surface area contributed by atoms with Gasteiger partial charge in [-0.25, -0.2) is 4.98 Å². The lowest BCUT2D eigenvalue weighted by Crippen LogP contribution is -2.24. The molecule has 0 fully saturated rings. The van der Waals surface area contributed by atoms with Crippen LogP contribution in [0.5, 0.6) is 5.75 Å². The van der Waals surface area contributed by atoms with Gasteiger partial charge in [0.15, 0.2) is 11.6 Å². The van der Waals surface area contributed by atoms with E-state index < -0.39 is 0 Å². The molecule has 0 aliphatic heterocycles. The Morgan fingerprint density at radius 3 is 2.88 bits per heavy atom. The first-order valence-corrected chi connectivity index (χ1v) is 6.12. The highest BCUT2D eigenvalue weighted by molar-refractivity contribution is 5.51. The average molecular weight is 237 g/mol. The van der Waals surface area contributed by atoms with Gasteiger partial charge in [0.05, 0.1) is 6.10 Å². The second-order valence-corrected chi connectivity index (χ2v) is 4.37. The van der Waals surface area contributed by atoms with E-state index in [1.54, 1.807) is 6.20 Å². The van der Waals surface area contributed by atoms with Crippen LogP contribution in [-0.2, 0) is 0 Å². The highest BCUT2D eigenvalue weighted by atomic mass is 16.5. The number of hydrogen-bond donors (Lipinski definition) is 1. The highest BCUT2D eigenvalue weighted by Crippen LogP contribution is 2.25. The molecular weight excluding hydrogens is 214 g/mol. The van der Waals surface area contributed by atoms with Gasteiger partial charge in [-0.15, -0.1) is 0 Å². The summed E-state index contributed by atoms with van der Waals surface area (Å²) >= 11 is 0. The first-order valence-electron chi connectivity index (χ1n) is 6.12. The van der Waals surface area contributed by atoms with Gasteiger partial charge in [0, 0.05) is 19.8 Å². The molecule has 0 saturated carbocycles. The average Bonchev–Trinajstić information content (AvgIpc) is 2.29. The molecule has 0 unspecified atom stereocenters. The van der Waals surface area contributed by atoms with Gasteiger partial charge >= 0.3 is 0 Å². The minimum Gasteiger partial charge on any atom is -0.487 e. The monoisotopic (exact) mass is 237 g/mol. The maximum atomic E-state index is 5.75. The van der Waals surface area contributed by atoms with Crippen molar-refractivity contribution >= 4 is 5.82 Å². The van der Waals surface area contributed by atoms with E-state index in [9.17, 15) is 0 Å². The molecule has 17 heavy (non-hydrogen) atoms. The Morgan fingerprint density at radius 2 is 2.24 bits per heavy atom. The topological polar surface area (TPSA) is 37.4 Å². The van der Waals surface area contributed by atoms with Crippen molar-refractivity contribution in [3.63, 3.8) is 0 Å². The van der Waals surface area contributed by atoms with Crippen LogP contribution in [0.2, 0.25) is 0 Å². The molecule has 0 radical (unpaired) electrons. The number of anilines is 1. The summed E-state index contributed by atoms with van der Waals surface area (Å²) in [6, 6.07) is 3.87. The van der Waals surface area contributed by atoms with Crippen LogP contribution in [0.4, 0.5) is 5.82 Å². The Bertz CT molecular complexity index is 328. The molecular formula is C13H23N3O. The molecule has 0 aromatic carbocycles. The molecule has 0 atom stereocenters. The number of nitrogens with zero attached hydrogens (tertiary/aromatic N) is 2. The van der Waals surface area contributed by atoms with Gasteiger partial charge in [0.25, 0.3) is 0 Å². The van der Waals surface area contributed by atoms with Gasteiger partial charge in [0.2, 0.25) is 0 Å². The Labute approximate surface area is 104 Å². The molecule has 0 bridgehead atoms. The summed E-state index contributed by atoms with van der Waals surface area (Å²) in [5.74, 6) is 1.77. The molecule has 96 valence electrons. The van der Waals surface area contributed by atoms with Gasteiger partial charge in [-0.3, -0.25) is 0 Å². The van der Waals surface area contributed by atoms with Crippen molar-refractivity contribution in [3.8, 4) is 5.75 Å². The van der Waals surface area contributed by atoms with Gasteiger partial charge in [-0.2, -0.15) is 0 Å². The van der Waals surface area contributed by atoms with Crippen molar-refractivity contribution < 1.29 is 4.74 Å². The van der Waals surface area contributed by atoms with Crippen LogP contribution in [0.15, 0.2) is 18.3 Å². The van der Waals surface area contributed by atoms with Gasteiger partial charge in [-0.05, 0) is 46.0 Å². The van der Waals surface area contributed by atoms with Crippen molar-refractivity contribution in [3.05, 3.63) is 18.3 Å². The van der Waals surface area contributed by atoms with Crippen LogP contribution in [0.3, 0.4) is 0 Å². The SMILES string of the molecule is CNCCCN(C)c1ncccc1OC(C)C. The van der Waals surface area contributed by atoms with Gasteiger partial charge < -0.3 is 15.0 Å². The molecule has 1 rings (SSSR count). The van der Waals surface area contributed by atoms with Crippen LogP contribution >= 0.6 is 0 Å². The third-order valence-corrected chi connectivity index (χ3v) is 2.40. The molecule has 4 nitrogen and oxygen atoms in total. The number of rotatable bonds is 7.